The van der Waals surface area contributed by atoms with Crippen molar-refractivity contribution in [3.05, 3.63) is 54.1 Å². The van der Waals surface area contributed by atoms with E-state index in [-0.39, 0.29) is 11.1 Å². The minimum absolute atomic E-state index is 0.0643. The largest absolute Gasteiger partial charge is 0.363 e. The number of rotatable bonds is 18. The van der Waals surface area contributed by atoms with Gasteiger partial charge in [-0.25, -0.2) is 0 Å². The van der Waals surface area contributed by atoms with Gasteiger partial charge in [0.15, 0.2) is 0 Å². The summed E-state index contributed by atoms with van der Waals surface area (Å²) >= 11 is 0. The number of benzene rings is 2. The zero-order chi connectivity index (χ0) is 25.6. The number of anilines is 2. The maximum Gasteiger partial charge on any atom is 0.294 e. The molecule has 2 N–H and O–H groups in total. The van der Waals surface area contributed by atoms with E-state index in [0.717, 1.165) is 30.8 Å². The number of hydrogen-bond acceptors (Lipinski definition) is 4. The summed E-state index contributed by atoms with van der Waals surface area (Å²) in [7, 11) is -4.22. The normalized spacial score (nSPS) is 15.2. The summed E-state index contributed by atoms with van der Waals surface area (Å²) in [6.45, 7) is 3.03. The topological polar surface area (TPSA) is 69.6 Å². The Morgan fingerprint density at radius 1 is 0.778 bits per heavy atom. The SMILES string of the molecule is CCCCCCCCCCCCCCCCC1Nc2cc(S(=O)(=O)O)ccc2N1Cc1ccccc1. The van der Waals surface area contributed by atoms with Crippen molar-refractivity contribution in [2.45, 2.75) is 121 Å². The summed E-state index contributed by atoms with van der Waals surface area (Å²) in [6.07, 6.45) is 20.0. The maximum absolute atomic E-state index is 11.6. The van der Waals surface area contributed by atoms with Crippen LogP contribution in [0, 0.1) is 0 Å². The van der Waals surface area contributed by atoms with Crippen LogP contribution in [0.5, 0.6) is 0 Å². The number of nitrogens with zero attached hydrogens (tertiary/aromatic N) is 1. The lowest BCUT2D eigenvalue weighted by Crippen LogP contribution is -2.35. The predicted molar refractivity (Wildman–Crippen MR) is 151 cm³/mol. The van der Waals surface area contributed by atoms with Gasteiger partial charge in [0, 0.05) is 6.54 Å². The molecular formula is C30H46N2O3S. The molecule has 5 nitrogen and oxygen atoms in total. The molecule has 0 fully saturated rings. The van der Waals surface area contributed by atoms with Crippen molar-refractivity contribution in [1.82, 2.24) is 0 Å². The fourth-order valence-corrected chi connectivity index (χ4v) is 5.71. The highest BCUT2D eigenvalue weighted by molar-refractivity contribution is 7.85. The Morgan fingerprint density at radius 2 is 1.33 bits per heavy atom. The van der Waals surface area contributed by atoms with Crippen LogP contribution in [0.3, 0.4) is 0 Å². The summed E-state index contributed by atoms with van der Waals surface area (Å²) in [5, 5.41) is 3.51. The third-order valence-corrected chi connectivity index (χ3v) is 8.15. The molecule has 0 saturated carbocycles. The molecule has 0 radical (unpaired) electrons. The van der Waals surface area contributed by atoms with E-state index in [2.05, 4.69) is 29.3 Å². The van der Waals surface area contributed by atoms with Gasteiger partial charge >= 0.3 is 0 Å². The van der Waals surface area contributed by atoms with Crippen molar-refractivity contribution in [2.24, 2.45) is 0 Å². The molecule has 0 amide bonds. The predicted octanol–water partition coefficient (Wildman–Crippen LogP) is 8.56. The van der Waals surface area contributed by atoms with Gasteiger partial charge in [0.05, 0.1) is 22.4 Å². The third-order valence-electron chi connectivity index (χ3n) is 7.30. The van der Waals surface area contributed by atoms with Crippen LogP contribution >= 0.6 is 0 Å². The molecule has 2 aromatic carbocycles. The van der Waals surface area contributed by atoms with E-state index in [1.54, 1.807) is 12.1 Å². The second kappa shape index (κ2) is 15.3. The molecule has 1 unspecified atom stereocenters. The van der Waals surface area contributed by atoms with Gasteiger partial charge in [0.1, 0.15) is 0 Å². The van der Waals surface area contributed by atoms with Crippen LogP contribution in [-0.2, 0) is 16.7 Å². The molecule has 3 rings (SSSR count). The highest BCUT2D eigenvalue weighted by atomic mass is 32.2. The van der Waals surface area contributed by atoms with Crippen molar-refractivity contribution in [3.8, 4) is 0 Å². The first kappa shape index (κ1) is 28.5. The second-order valence-electron chi connectivity index (χ2n) is 10.3. The molecule has 2 aromatic rings. The molecule has 0 spiro atoms. The lowest BCUT2D eigenvalue weighted by atomic mass is 10.0. The van der Waals surface area contributed by atoms with Crippen LogP contribution in [-0.4, -0.2) is 19.1 Å². The summed E-state index contributed by atoms with van der Waals surface area (Å²) in [6, 6.07) is 15.2. The van der Waals surface area contributed by atoms with Crippen molar-refractivity contribution in [1.29, 1.82) is 0 Å². The van der Waals surface area contributed by atoms with Crippen LogP contribution in [0.4, 0.5) is 11.4 Å². The molecule has 1 aliphatic heterocycles. The molecular weight excluding hydrogens is 468 g/mol. The lowest BCUT2D eigenvalue weighted by molar-refractivity contribution is 0.483. The molecule has 1 aliphatic rings. The first-order valence-electron chi connectivity index (χ1n) is 14.2. The van der Waals surface area contributed by atoms with E-state index in [0.29, 0.717) is 0 Å². The minimum atomic E-state index is -4.22. The molecule has 0 bridgehead atoms. The first-order valence-corrected chi connectivity index (χ1v) is 15.6. The molecule has 1 atom stereocenters. The van der Waals surface area contributed by atoms with Gasteiger partial charge in [0.25, 0.3) is 10.1 Å². The van der Waals surface area contributed by atoms with Gasteiger partial charge in [-0.05, 0) is 36.6 Å². The quantitative estimate of drug-likeness (QED) is 0.154. The Morgan fingerprint density at radius 3 is 1.89 bits per heavy atom. The zero-order valence-electron chi connectivity index (χ0n) is 22.1. The summed E-state index contributed by atoms with van der Waals surface area (Å²) in [4.78, 5) is 2.26. The van der Waals surface area contributed by atoms with E-state index in [4.69, 9.17) is 0 Å². The summed E-state index contributed by atoms with van der Waals surface area (Å²) in [5.74, 6) is 0. The van der Waals surface area contributed by atoms with Crippen LogP contribution < -0.4 is 10.2 Å². The summed E-state index contributed by atoms with van der Waals surface area (Å²) < 4.78 is 32.7. The second-order valence-corrected chi connectivity index (χ2v) is 11.7. The number of unbranched alkanes of at least 4 members (excludes halogenated alkanes) is 13. The van der Waals surface area contributed by atoms with Crippen LogP contribution in [0.25, 0.3) is 0 Å². The minimum Gasteiger partial charge on any atom is -0.363 e. The smallest absolute Gasteiger partial charge is 0.294 e. The molecule has 0 saturated heterocycles. The van der Waals surface area contributed by atoms with E-state index in [1.807, 2.05) is 18.2 Å². The van der Waals surface area contributed by atoms with Crippen molar-refractivity contribution in [2.75, 3.05) is 10.2 Å². The fraction of sp³-hybridized carbons (Fsp3) is 0.600. The van der Waals surface area contributed by atoms with Crippen LogP contribution in [0.2, 0.25) is 0 Å². The Labute approximate surface area is 219 Å². The number of fused-ring (bicyclic) bond motifs is 1. The van der Waals surface area contributed by atoms with Crippen molar-refractivity contribution < 1.29 is 13.0 Å². The maximum atomic E-state index is 11.6. The van der Waals surface area contributed by atoms with Gasteiger partial charge in [0.2, 0.25) is 0 Å². The van der Waals surface area contributed by atoms with Crippen LogP contribution in [0.15, 0.2) is 53.4 Å². The van der Waals surface area contributed by atoms with Gasteiger partial charge in [-0.3, -0.25) is 4.55 Å². The standard InChI is InChI=1S/C30H46N2O3S/c1-2-3-4-5-6-7-8-9-10-11-12-13-14-18-21-30-31-28-24-27(36(33,34)35)22-23-29(28)32(30)25-26-19-16-15-17-20-26/h15-17,19-20,22-24,30-31H,2-14,18,21,25H2,1H3,(H,33,34,35). The van der Waals surface area contributed by atoms with E-state index < -0.39 is 10.1 Å². The van der Waals surface area contributed by atoms with E-state index in [1.165, 1.54) is 95.1 Å². The number of nitrogens with one attached hydrogen (secondary N) is 1. The Balaban J connectivity index is 1.38. The van der Waals surface area contributed by atoms with Gasteiger partial charge in [-0.2, -0.15) is 8.42 Å². The fourth-order valence-electron chi connectivity index (χ4n) is 5.20. The number of hydrogen-bond donors (Lipinski definition) is 2. The first-order chi connectivity index (χ1) is 17.5. The molecule has 6 heteroatoms. The van der Waals surface area contributed by atoms with Gasteiger partial charge in [-0.15, -0.1) is 0 Å². The molecule has 36 heavy (non-hydrogen) atoms. The zero-order valence-corrected chi connectivity index (χ0v) is 22.9. The van der Waals surface area contributed by atoms with Crippen molar-refractivity contribution >= 4 is 21.5 Å². The summed E-state index contributed by atoms with van der Waals surface area (Å²) in [5.41, 5.74) is 2.98. The monoisotopic (exact) mass is 514 g/mol. The lowest BCUT2D eigenvalue weighted by Gasteiger charge is -2.27. The van der Waals surface area contributed by atoms with E-state index >= 15 is 0 Å². The molecule has 0 aliphatic carbocycles. The average molecular weight is 515 g/mol. The molecule has 200 valence electrons. The molecule has 0 aromatic heterocycles. The average Bonchev–Trinajstić information content (AvgIpc) is 3.20. The third kappa shape index (κ3) is 9.44. The highest BCUT2D eigenvalue weighted by Gasteiger charge is 2.29. The Hall–Kier alpha value is -2.05. The van der Waals surface area contributed by atoms with E-state index in [9.17, 15) is 13.0 Å². The van der Waals surface area contributed by atoms with Gasteiger partial charge in [-0.1, -0.05) is 121 Å². The Bertz CT molecular complexity index is 995. The molecule has 1 heterocycles. The highest BCUT2D eigenvalue weighted by Crippen LogP contribution is 2.38. The van der Waals surface area contributed by atoms with Crippen molar-refractivity contribution in [3.63, 3.8) is 0 Å². The Kier molecular flexibility index (Phi) is 12.1. The van der Waals surface area contributed by atoms with Gasteiger partial charge < -0.3 is 10.2 Å². The van der Waals surface area contributed by atoms with Crippen LogP contribution in [0.1, 0.15) is 109 Å².